The number of hydrogen-bond donors (Lipinski definition) is 1. The molecule has 1 aromatic rings. The zero-order chi connectivity index (χ0) is 15.3. The fraction of sp³-hybridized carbons (Fsp3) is 0.737. The van der Waals surface area contributed by atoms with Crippen LogP contribution in [0.2, 0.25) is 0 Å². The molecular formula is C19H32N2. The van der Waals surface area contributed by atoms with Gasteiger partial charge in [-0.15, -0.1) is 0 Å². The summed E-state index contributed by atoms with van der Waals surface area (Å²) in [4.78, 5) is 4.66. The van der Waals surface area contributed by atoms with Crippen LogP contribution in [0.5, 0.6) is 0 Å². The summed E-state index contributed by atoms with van der Waals surface area (Å²) >= 11 is 0. The average molecular weight is 288 g/mol. The largest absolute Gasteiger partial charge is 0.314 e. The maximum absolute atomic E-state index is 4.66. The van der Waals surface area contributed by atoms with Crippen molar-refractivity contribution in [2.24, 2.45) is 11.3 Å². The SMILES string of the molecule is CCNC(Cc1ccc(CC)cn1)C1CCC(C)(C)CC1. The third-order valence-electron chi connectivity index (χ3n) is 5.14. The molecule has 0 saturated heterocycles. The Labute approximate surface area is 130 Å². The summed E-state index contributed by atoms with van der Waals surface area (Å²) in [5.74, 6) is 0.811. The van der Waals surface area contributed by atoms with E-state index < -0.39 is 0 Å². The summed E-state index contributed by atoms with van der Waals surface area (Å²) in [5.41, 5.74) is 3.12. The average Bonchev–Trinajstić information content (AvgIpc) is 2.48. The van der Waals surface area contributed by atoms with Crippen molar-refractivity contribution in [2.45, 2.75) is 72.3 Å². The first-order valence-corrected chi connectivity index (χ1v) is 8.71. The summed E-state index contributed by atoms with van der Waals surface area (Å²) in [6, 6.07) is 5.04. The lowest BCUT2D eigenvalue weighted by Gasteiger charge is -2.38. The van der Waals surface area contributed by atoms with Crippen molar-refractivity contribution in [1.82, 2.24) is 10.3 Å². The second-order valence-electron chi connectivity index (χ2n) is 7.38. The van der Waals surface area contributed by atoms with Gasteiger partial charge in [-0.25, -0.2) is 0 Å². The van der Waals surface area contributed by atoms with E-state index in [1.807, 2.05) is 6.20 Å². The predicted molar refractivity (Wildman–Crippen MR) is 90.5 cm³/mol. The highest BCUT2D eigenvalue weighted by Crippen LogP contribution is 2.39. The highest BCUT2D eigenvalue weighted by atomic mass is 14.9. The smallest absolute Gasteiger partial charge is 0.0419 e. The molecule has 0 spiro atoms. The molecule has 2 nitrogen and oxygen atoms in total. The number of aryl methyl sites for hydroxylation is 1. The van der Waals surface area contributed by atoms with E-state index >= 15 is 0 Å². The van der Waals surface area contributed by atoms with Crippen molar-refractivity contribution in [3.05, 3.63) is 29.6 Å². The van der Waals surface area contributed by atoms with Gasteiger partial charge >= 0.3 is 0 Å². The molecule has 21 heavy (non-hydrogen) atoms. The molecule has 0 bridgehead atoms. The lowest BCUT2D eigenvalue weighted by Crippen LogP contribution is -2.40. The van der Waals surface area contributed by atoms with Crippen LogP contribution in [0.4, 0.5) is 0 Å². The van der Waals surface area contributed by atoms with Gasteiger partial charge in [0.15, 0.2) is 0 Å². The maximum Gasteiger partial charge on any atom is 0.0419 e. The number of hydrogen-bond acceptors (Lipinski definition) is 2. The van der Waals surface area contributed by atoms with Crippen LogP contribution in [0.25, 0.3) is 0 Å². The zero-order valence-corrected chi connectivity index (χ0v) is 14.3. The first-order chi connectivity index (χ1) is 10.0. The van der Waals surface area contributed by atoms with Crippen LogP contribution < -0.4 is 5.32 Å². The number of pyridine rings is 1. The normalized spacial score (nSPS) is 20.4. The van der Waals surface area contributed by atoms with Gasteiger partial charge in [-0.1, -0.05) is 33.8 Å². The van der Waals surface area contributed by atoms with Crippen LogP contribution in [-0.2, 0) is 12.8 Å². The highest BCUT2D eigenvalue weighted by molar-refractivity contribution is 5.15. The summed E-state index contributed by atoms with van der Waals surface area (Å²) in [5, 5.41) is 3.72. The predicted octanol–water partition coefficient (Wildman–Crippen LogP) is 4.38. The summed E-state index contributed by atoms with van der Waals surface area (Å²) in [7, 11) is 0. The lowest BCUT2D eigenvalue weighted by atomic mass is 9.70. The van der Waals surface area contributed by atoms with E-state index in [9.17, 15) is 0 Å². The van der Waals surface area contributed by atoms with Crippen LogP contribution in [0.3, 0.4) is 0 Å². The molecule has 1 saturated carbocycles. The number of rotatable bonds is 6. The Kier molecular flexibility index (Phi) is 5.80. The molecule has 118 valence electrons. The number of nitrogens with one attached hydrogen (secondary N) is 1. The van der Waals surface area contributed by atoms with Crippen LogP contribution in [0, 0.1) is 11.3 Å². The third kappa shape index (κ3) is 4.81. The fourth-order valence-corrected chi connectivity index (χ4v) is 3.50. The molecule has 0 aromatic carbocycles. The Morgan fingerprint density at radius 2 is 1.95 bits per heavy atom. The molecule has 1 N–H and O–H groups in total. The summed E-state index contributed by atoms with van der Waals surface area (Å²) < 4.78 is 0. The van der Waals surface area contributed by atoms with Crippen LogP contribution >= 0.6 is 0 Å². The molecule has 1 unspecified atom stereocenters. The first kappa shape index (κ1) is 16.5. The second kappa shape index (κ2) is 7.40. The molecular weight excluding hydrogens is 256 g/mol. The van der Waals surface area contributed by atoms with Crippen molar-refractivity contribution in [3.8, 4) is 0 Å². The van der Waals surface area contributed by atoms with E-state index in [0.717, 1.165) is 25.3 Å². The van der Waals surface area contributed by atoms with Gasteiger partial charge in [0.1, 0.15) is 0 Å². The molecule has 2 heteroatoms. The van der Waals surface area contributed by atoms with Crippen molar-refractivity contribution in [2.75, 3.05) is 6.54 Å². The van der Waals surface area contributed by atoms with Crippen molar-refractivity contribution in [1.29, 1.82) is 0 Å². The van der Waals surface area contributed by atoms with Crippen molar-refractivity contribution < 1.29 is 0 Å². The topological polar surface area (TPSA) is 24.9 Å². The zero-order valence-electron chi connectivity index (χ0n) is 14.3. The molecule has 1 heterocycles. The van der Waals surface area contributed by atoms with Crippen LogP contribution in [-0.4, -0.2) is 17.6 Å². The monoisotopic (exact) mass is 288 g/mol. The highest BCUT2D eigenvalue weighted by Gasteiger charge is 2.31. The van der Waals surface area contributed by atoms with Gasteiger partial charge in [-0.05, 0) is 61.6 Å². The lowest BCUT2D eigenvalue weighted by molar-refractivity contribution is 0.161. The van der Waals surface area contributed by atoms with Gasteiger partial charge in [0, 0.05) is 24.4 Å². The standard InChI is InChI=1S/C19H32N2/c1-5-15-7-8-17(21-14-15)13-18(20-6-2)16-9-11-19(3,4)12-10-16/h7-8,14,16,18,20H,5-6,9-13H2,1-4H3. The fourth-order valence-electron chi connectivity index (χ4n) is 3.50. The van der Waals surface area contributed by atoms with E-state index in [-0.39, 0.29) is 0 Å². The minimum atomic E-state index is 0.550. The van der Waals surface area contributed by atoms with Crippen molar-refractivity contribution in [3.63, 3.8) is 0 Å². The number of likely N-dealkylation sites (N-methyl/N-ethyl adjacent to an activating group) is 1. The quantitative estimate of drug-likeness (QED) is 0.840. The molecule has 0 aliphatic heterocycles. The minimum Gasteiger partial charge on any atom is -0.314 e. The van der Waals surface area contributed by atoms with Gasteiger partial charge in [-0.3, -0.25) is 4.98 Å². The Morgan fingerprint density at radius 1 is 1.24 bits per heavy atom. The molecule has 1 atom stereocenters. The minimum absolute atomic E-state index is 0.550. The Hall–Kier alpha value is -0.890. The van der Waals surface area contributed by atoms with E-state index in [1.165, 1.54) is 36.9 Å². The molecule has 1 aromatic heterocycles. The first-order valence-electron chi connectivity index (χ1n) is 8.71. The summed E-state index contributed by atoms with van der Waals surface area (Å²) in [6.45, 7) is 10.3. The Bertz CT molecular complexity index is 412. The molecule has 0 radical (unpaired) electrons. The van der Waals surface area contributed by atoms with E-state index in [4.69, 9.17) is 0 Å². The van der Waals surface area contributed by atoms with E-state index in [1.54, 1.807) is 0 Å². The van der Waals surface area contributed by atoms with E-state index in [2.05, 4.69) is 50.1 Å². The molecule has 2 rings (SSSR count). The van der Waals surface area contributed by atoms with Gasteiger partial charge in [-0.2, -0.15) is 0 Å². The summed E-state index contributed by atoms with van der Waals surface area (Å²) in [6.07, 6.45) is 9.63. The van der Waals surface area contributed by atoms with Crippen molar-refractivity contribution >= 4 is 0 Å². The van der Waals surface area contributed by atoms with Crippen LogP contribution in [0.1, 0.15) is 64.6 Å². The second-order valence-corrected chi connectivity index (χ2v) is 7.38. The van der Waals surface area contributed by atoms with Crippen LogP contribution in [0.15, 0.2) is 18.3 Å². The van der Waals surface area contributed by atoms with Gasteiger partial charge in [0.25, 0.3) is 0 Å². The number of aromatic nitrogens is 1. The van der Waals surface area contributed by atoms with Gasteiger partial charge in [0.05, 0.1) is 0 Å². The van der Waals surface area contributed by atoms with Gasteiger partial charge < -0.3 is 5.32 Å². The van der Waals surface area contributed by atoms with E-state index in [0.29, 0.717) is 11.5 Å². The molecule has 1 aliphatic rings. The van der Waals surface area contributed by atoms with Gasteiger partial charge in [0.2, 0.25) is 0 Å². The Balaban J connectivity index is 1.98. The number of nitrogens with zero attached hydrogens (tertiary/aromatic N) is 1. The maximum atomic E-state index is 4.66. The Morgan fingerprint density at radius 3 is 2.48 bits per heavy atom. The molecule has 1 aliphatic carbocycles. The molecule has 1 fully saturated rings. The molecule has 0 amide bonds. The third-order valence-corrected chi connectivity index (χ3v) is 5.14.